The molecule has 0 saturated heterocycles. The van der Waals surface area contributed by atoms with Crippen molar-refractivity contribution in [2.75, 3.05) is 7.11 Å². The van der Waals surface area contributed by atoms with Gasteiger partial charge in [0.05, 0.1) is 7.11 Å². The number of benzene rings is 4. The molecule has 0 aliphatic rings. The number of halogens is 1. The van der Waals surface area contributed by atoms with Crippen molar-refractivity contribution >= 4 is 23.2 Å². The van der Waals surface area contributed by atoms with Crippen molar-refractivity contribution in [3.8, 4) is 11.5 Å². The van der Waals surface area contributed by atoms with Gasteiger partial charge in [-0.15, -0.1) is 12.4 Å². The molecule has 0 bridgehead atoms. The van der Waals surface area contributed by atoms with Gasteiger partial charge in [-0.1, -0.05) is 72.3 Å². The Labute approximate surface area is 190 Å². The van der Waals surface area contributed by atoms with Gasteiger partial charge in [0.15, 0.2) is 0 Å². The number of fused-ring (bicyclic) bond motifs is 1. The topological polar surface area (TPSA) is 30.5 Å². The van der Waals surface area contributed by atoms with E-state index < -0.39 is 0 Å². The van der Waals surface area contributed by atoms with Gasteiger partial charge >= 0.3 is 0 Å². The van der Waals surface area contributed by atoms with E-state index in [2.05, 4.69) is 85.0 Å². The summed E-state index contributed by atoms with van der Waals surface area (Å²) in [5.41, 5.74) is 4.84. The Hall–Kier alpha value is -3.01. The molecule has 4 aromatic rings. The van der Waals surface area contributed by atoms with Gasteiger partial charge in [-0.25, -0.2) is 0 Å². The molecule has 0 aliphatic carbocycles. The van der Waals surface area contributed by atoms with Crippen molar-refractivity contribution < 1.29 is 9.47 Å². The van der Waals surface area contributed by atoms with Gasteiger partial charge < -0.3 is 14.8 Å². The molecule has 0 spiro atoms. The van der Waals surface area contributed by atoms with Crippen molar-refractivity contribution in [2.24, 2.45) is 0 Å². The van der Waals surface area contributed by atoms with Gasteiger partial charge in [0.25, 0.3) is 0 Å². The van der Waals surface area contributed by atoms with E-state index in [1.807, 2.05) is 12.1 Å². The third kappa shape index (κ3) is 5.78. The lowest BCUT2D eigenvalue weighted by Gasteiger charge is -2.15. The fourth-order valence-electron chi connectivity index (χ4n) is 3.55. The fourth-order valence-corrected chi connectivity index (χ4v) is 3.55. The molecular weight excluding hydrogens is 406 g/mol. The SMILES string of the molecule is COc1ccc(CNCc2c(OCc3ccc(C)cc3)ccc3ccccc23)cc1.Cl. The first-order chi connectivity index (χ1) is 14.7. The molecule has 0 saturated carbocycles. The molecule has 0 aromatic heterocycles. The Bertz CT molecular complexity index is 1110. The van der Waals surface area contributed by atoms with Crippen molar-refractivity contribution in [3.05, 3.63) is 107 Å². The molecule has 0 radical (unpaired) electrons. The zero-order valence-electron chi connectivity index (χ0n) is 17.9. The van der Waals surface area contributed by atoms with E-state index in [0.717, 1.165) is 24.6 Å². The van der Waals surface area contributed by atoms with Crippen LogP contribution in [0.25, 0.3) is 10.8 Å². The number of aryl methyl sites for hydroxylation is 1. The minimum absolute atomic E-state index is 0. The minimum atomic E-state index is 0. The first kappa shape index (κ1) is 22.7. The Balaban J connectivity index is 0.00000272. The summed E-state index contributed by atoms with van der Waals surface area (Å²) in [6.07, 6.45) is 0. The average Bonchev–Trinajstić information content (AvgIpc) is 2.80. The molecule has 0 fully saturated rings. The summed E-state index contributed by atoms with van der Waals surface area (Å²) in [6.45, 7) is 4.17. The monoisotopic (exact) mass is 433 g/mol. The second-order valence-electron chi connectivity index (χ2n) is 7.49. The summed E-state index contributed by atoms with van der Waals surface area (Å²) >= 11 is 0. The van der Waals surface area contributed by atoms with Crippen molar-refractivity contribution in [3.63, 3.8) is 0 Å². The molecule has 0 unspecified atom stereocenters. The first-order valence-corrected chi connectivity index (χ1v) is 10.3. The third-order valence-corrected chi connectivity index (χ3v) is 5.30. The van der Waals surface area contributed by atoms with E-state index in [9.17, 15) is 0 Å². The Morgan fingerprint density at radius 3 is 2.19 bits per heavy atom. The predicted octanol–water partition coefficient (Wildman–Crippen LogP) is 6.45. The summed E-state index contributed by atoms with van der Waals surface area (Å²) in [4.78, 5) is 0. The molecule has 0 amide bonds. The molecular formula is C27H28ClNO2. The number of rotatable bonds is 8. The van der Waals surface area contributed by atoms with Crippen LogP contribution in [0.1, 0.15) is 22.3 Å². The quantitative estimate of drug-likeness (QED) is 0.346. The summed E-state index contributed by atoms with van der Waals surface area (Å²) < 4.78 is 11.5. The van der Waals surface area contributed by atoms with E-state index in [0.29, 0.717) is 6.61 Å². The van der Waals surface area contributed by atoms with Crippen LogP contribution < -0.4 is 14.8 Å². The minimum Gasteiger partial charge on any atom is -0.497 e. The number of methoxy groups -OCH3 is 1. The molecule has 4 aromatic carbocycles. The van der Waals surface area contributed by atoms with Crippen molar-refractivity contribution in [1.82, 2.24) is 5.32 Å². The van der Waals surface area contributed by atoms with Gasteiger partial charge in [0.2, 0.25) is 0 Å². The van der Waals surface area contributed by atoms with Crippen LogP contribution in [-0.4, -0.2) is 7.11 Å². The maximum absolute atomic E-state index is 6.25. The highest BCUT2D eigenvalue weighted by Crippen LogP contribution is 2.29. The maximum Gasteiger partial charge on any atom is 0.124 e. The number of hydrogen-bond acceptors (Lipinski definition) is 3. The summed E-state index contributed by atoms with van der Waals surface area (Å²) in [7, 11) is 1.69. The van der Waals surface area contributed by atoms with Crippen LogP contribution >= 0.6 is 12.4 Å². The van der Waals surface area contributed by atoms with Crippen LogP contribution in [0.15, 0.2) is 84.9 Å². The third-order valence-electron chi connectivity index (χ3n) is 5.30. The zero-order chi connectivity index (χ0) is 20.8. The van der Waals surface area contributed by atoms with Gasteiger partial charge in [-0.05, 0) is 47.0 Å². The summed E-state index contributed by atoms with van der Waals surface area (Å²) in [6, 6.07) is 29.3. The standard InChI is InChI=1S/C27H27NO2.ClH/c1-20-7-9-22(10-8-20)19-30-27-16-13-23-5-3-4-6-25(23)26(27)18-28-17-21-11-14-24(29-2)15-12-21;/h3-16,28H,17-19H2,1-2H3;1H. The van der Waals surface area contributed by atoms with Gasteiger partial charge in [-0.3, -0.25) is 0 Å². The van der Waals surface area contributed by atoms with Crippen LogP contribution in [0.3, 0.4) is 0 Å². The highest BCUT2D eigenvalue weighted by Gasteiger charge is 2.09. The van der Waals surface area contributed by atoms with Crippen LogP contribution in [0, 0.1) is 6.92 Å². The van der Waals surface area contributed by atoms with Crippen molar-refractivity contribution in [1.29, 1.82) is 0 Å². The number of hydrogen-bond donors (Lipinski definition) is 1. The van der Waals surface area contributed by atoms with Crippen molar-refractivity contribution in [2.45, 2.75) is 26.6 Å². The van der Waals surface area contributed by atoms with Crippen LogP contribution in [-0.2, 0) is 19.7 Å². The predicted molar refractivity (Wildman–Crippen MR) is 130 cm³/mol. The second kappa shape index (κ2) is 10.9. The highest BCUT2D eigenvalue weighted by atomic mass is 35.5. The Morgan fingerprint density at radius 1 is 0.742 bits per heavy atom. The highest BCUT2D eigenvalue weighted by molar-refractivity contribution is 5.87. The van der Waals surface area contributed by atoms with E-state index in [4.69, 9.17) is 9.47 Å². The molecule has 4 heteroatoms. The largest absolute Gasteiger partial charge is 0.497 e. The van der Waals surface area contributed by atoms with Gasteiger partial charge in [0, 0.05) is 18.7 Å². The lowest BCUT2D eigenvalue weighted by molar-refractivity contribution is 0.302. The lowest BCUT2D eigenvalue weighted by atomic mass is 10.0. The van der Waals surface area contributed by atoms with E-state index in [1.54, 1.807) is 7.11 Å². The Morgan fingerprint density at radius 2 is 1.45 bits per heavy atom. The van der Waals surface area contributed by atoms with Gasteiger partial charge in [0.1, 0.15) is 18.1 Å². The molecule has 31 heavy (non-hydrogen) atoms. The average molecular weight is 434 g/mol. The molecule has 160 valence electrons. The van der Waals surface area contributed by atoms with Crippen LogP contribution in [0.5, 0.6) is 11.5 Å². The van der Waals surface area contributed by atoms with Gasteiger partial charge in [-0.2, -0.15) is 0 Å². The molecule has 3 nitrogen and oxygen atoms in total. The molecule has 0 heterocycles. The van der Waals surface area contributed by atoms with Crippen LogP contribution in [0.2, 0.25) is 0 Å². The lowest BCUT2D eigenvalue weighted by Crippen LogP contribution is -2.14. The second-order valence-corrected chi connectivity index (χ2v) is 7.49. The van der Waals surface area contributed by atoms with E-state index in [1.165, 1.54) is 33.0 Å². The number of nitrogens with one attached hydrogen (secondary N) is 1. The molecule has 0 atom stereocenters. The Kier molecular flexibility index (Phi) is 7.94. The van der Waals surface area contributed by atoms with E-state index >= 15 is 0 Å². The van der Waals surface area contributed by atoms with Crippen LogP contribution in [0.4, 0.5) is 0 Å². The zero-order valence-corrected chi connectivity index (χ0v) is 18.7. The van der Waals surface area contributed by atoms with E-state index in [-0.39, 0.29) is 12.4 Å². The number of ether oxygens (including phenoxy) is 2. The molecule has 0 aliphatic heterocycles. The summed E-state index contributed by atoms with van der Waals surface area (Å²) in [5.74, 6) is 1.80. The fraction of sp³-hybridized carbons (Fsp3) is 0.185. The maximum atomic E-state index is 6.25. The smallest absolute Gasteiger partial charge is 0.124 e. The first-order valence-electron chi connectivity index (χ1n) is 10.3. The molecule has 4 rings (SSSR count). The summed E-state index contributed by atoms with van der Waals surface area (Å²) in [5, 5.41) is 6.02. The molecule has 1 N–H and O–H groups in total. The normalized spacial score (nSPS) is 10.5.